The van der Waals surface area contributed by atoms with Crippen LogP contribution in [0.3, 0.4) is 0 Å². The van der Waals surface area contributed by atoms with Crippen molar-refractivity contribution in [1.82, 2.24) is 0 Å². The monoisotopic (exact) mass is 272 g/mol. The van der Waals surface area contributed by atoms with Gasteiger partial charge in [-0.3, -0.25) is 4.79 Å². The Morgan fingerprint density at radius 1 is 1.32 bits per heavy atom. The third-order valence-corrected chi connectivity index (χ3v) is 4.54. The van der Waals surface area contributed by atoms with E-state index in [2.05, 4.69) is 0 Å². The van der Waals surface area contributed by atoms with Crippen molar-refractivity contribution in [3.8, 4) is 0 Å². The smallest absolute Gasteiger partial charge is 0.223 e. The third-order valence-electron chi connectivity index (χ3n) is 4.54. The maximum absolute atomic E-state index is 12.4. The highest BCUT2D eigenvalue weighted by molar-refractivity contribution is 5.85. The van der Waals surface area contributed by atoms with Crippen LogP contribution in [0.4, 0.5) is 0 Å². The lowest BCUT2D eigenvalue weighted by molar-refractivity contribution is -0.319. The van der Waals surface area contributed by atoms with E-state index in [1.165, 1.54) is 0 Å². The van der Waals surface area contributed by atoms with Crippen LogP contribution in [-0.4, -0.2) is 43.8 Å². The van der Waals surface area contributed by atoms with Gasteiger partial charge in [-0.1, -0.05) is 13.8 Å². The Morgan fingerprint density at radius 3 is 2.84 bits per heavy atom. The Bertz CT molecular complexity index is 372. The Hall–Kier alpha value is -0.530. The summed E-state index contributed by atoms with van der Waals surface area (Å²) < 4.78 is 17.0. The van der Waals surface area contributed by atoms with Crippen LogP contribution in [0.2, 0.25) is 0 Å². The number of ketones is 1. The molecule has 3 heterocycles. The van der Waals surface area contributed by atoms with E-state index in [1.807, 2.05) is 13.8 Å². The van der Waals surface area contributed by atoms with Crippen LogP contribution in [0.1, 0.15) is 26.7 Å². The molecule has 0 spiro atoms. The van der Waals surface area contributed by atoms with E-state index in [0.717, 1.165) is 6.42 Å². The second kappa shape index (κ2) is 4.79. The Morgan fingerprint density at radius 2 is 2.11 bits per heavy atom. The number of carbonyl (C=O) groups excluding carboxylic acids is 1. The zero-order chi connectivity index (χ0) is 13.6. The molecular weight excluding hydrogens is 252 g/mol. The number of carbonyl (C=O) groups is 1. The summed E-state index contributed by atoms with van der Waals surface area (Å²) in [6.45, 7) is 4.35. The van der Waals surface area contributed by atoms with Gasteiger partial charge >= 0.3 is 0 Å². The Balaban J connectivity index is 1.88. The van der Waals surface area contributed by atoms with Crippen molar-refractivity contribution < 1.29 is 28.8 Å². The summed E-state index contributed by atoms with van der Waals surface area (Å²) in [5.74, 6) is -0.317. The summed E-state index contributed by atoms with van der Waals surface area (Å²) >= 11 is 0. The second-order valence-corrected chi connectivity index (χ2v) is 5.58. The van der Waals surface area contributed by atoms with Gasteiger partial charge in [-0.2, -0.15) is 9.78 Å². The van der Waals surface area contributed by atoms with Crippen molar-refractivity contribution in [3.05, 3.63) is 0 Å². The van der Waals surface area contributed by atoms with E-state index in [4.69, 9.17) is 24.0 Å². The van der Waals surface area contributed by atoms with Crippen molar-refractivity contribution in [3.63, 3.8) is 0 Å². The molecule has 0 aliphatic carbocycles. The number of rotatable bonds is 4. The molecule has 0 radical (unpaired) electrons. The van der Waals surface area contributed by atoms with Gasteiger partial charge in [-0.15, -0.1) is 0 Å². The minimum absolute atomic E-state index is 0.195. The maximum Gasteiger partial charge on any atom is 0.223 e. The number of methoxy groups -OCH3 is 1. The molecule has 0 aromatic carbocycles. The fourth-order valence-electron chi connectivity index (χ4n) is 3.29. The first kappa shape index (κ1) is 13.5. The van der Waals surface area contributed by atoms with Crippen molar-refractivity contribution in [2.75, 3.05) is 13.7 Å². The molecule has 3 fully saturated rings. The van der Waals surface area contributed by atoms with Crippen LogP contribution >= 0.6 is 0 Å². The fourth-order valence-corrected chi connectivity index (χ4v) is 3.29. The summed E-state index contributed by atoms with van der Waals surface area (Å²) in [5, 5.41) is 0. The van der Waals surface area contributed by atoms with Crippen LogP contribution < -0.4 is 0 Å². The molecule has 4 bridgehead atoms. The lowest BCUT2D eigenvalue weighted by Gasteiger charge is -2.51. The van der Waals surface area contributed by atoms with E-state index >= 15 is 0 Å². The predicted octanol–water partition coefficient (Wildman–Crippen LogP) is 1.04. The highest BCUT2D eigenvalue weighted by Gasteiger charge is 2.65. The summed E-state index contributed by atoms with van der Waals surface area (Å²) in [4.78, 5) is 22.8. The largest absolute Gasteiger partial charge is 0.385 e. The minimum Gasteiger partial charge on any atom is -0.385 e. The number of hydrogen-bond acceptors (Lipinski definition) is 6. The summed E-state index contributed by atoms with van der Waals surface area (Å²) in [7, 11) is 1.65. The second-order valence-electron chi connectivity index (χ2n) is 5.58. The molecule has 108 valence electrons. The quantitative estimate of drug-likeness (QED) is 0.563. The van der Waals surface area contributed by atoms with Crippen molar-refractivity contribution in [1.29, 1.82) is 0 Å². The van der Waals surface area contributed by atoms with Crippen LogP contribution in [0.5, 0.6) is 0 Å². The van der Waals surface area contributed by atoms with Gasteiger partial charge < -0.3 is 14.2 Å². The van der Waals surface area contributed by atoms with Crippen LogP contribution in [-0.2, 0) is 28.8 Å². The fraction of sp³-hybridized carbons (Fsp3) is 0.923. The zero-order valence-electron chi connectivity index (χ0n) is 11.5. The molecule has 19 heavy (non-hydrogen) atoms. The molecule has 0 aromatic heterocycles. The normalized spacial score (nSPS) is 48.6. The molecule has 0 saturated carbocycles. The van der Waals surface area contributed by atoms with Gasteiger partial charge in [0.25, 0.3) is 0 Å². The molecule has 6 nitrogen and oxygen atoms in total. The highest BCUT2D eigenvalue weighted by atomic mass is 17.3. The van der Waals surface area contributed by atoms with Gasteiger partial charge in [0.2, 0.25) is 12.6 Å². The Kier molecular flexibility index (Phi) is 3.39. The molecule has 3 saturated heterocycles. The van der Waals surface area contributed by atoms with Gasteiger partial charge in [-0.05, 0) is 12.8 Å². The van der Waals surface area contributed by atoms with Gasteiger partial charge in [0.05, 0.1) is 0 Å². The van der Waals surface area contributed by atoms with Crippen LogP contribution in [0.15, 0.2) is 0 Å². The number of ether oxygens (including phenoxy) is 3. The topological polar surface area (TPSA) is 63.2 Å². The summed E-state index contributed by atoms with van der Waals surface area (Å²) in [6.07, 6.45) is -0.171. The third kappa shape index (κ3) is 1.86. The molecule has 6 heteroatoms. The number of hydrogen-bond donors (Lipinski definition) is 0. The van der Waals surface area contributed by atoms with E-state index in [9.17, 15) is 4.79 Å². The van der Waals surface area contributed by atoms with Crippen LogP contribution in [0, 0.1) is 11.8 Å². The van der Waals surface area contributed by atoms with Gasteiger partial charge in [0, 0.05) is 25.6 Å². The molecule has 3 aliphatic heterocycles. The van der Waals surface area contributed by atoms with E-state index in [1.54, 1.807) is 7.11 Å². The minimum atomic E-state index is -0.750. The first-order chi connectivity index (χ1) is 9.10. The lowest BCUT2D eigenvalue weighted by atomic mass is 9.72. The van der Waals surface area contributed by atoms with Crippen molar-refractivity contribution in [2.45, 2.75) is 51.0 Å². The average Bonchev–Trinajstić information content (AvgIpc) is 2.85. The van der Waals surface area contributed by atoms with Gasteiger partial charge in [-0.25, -0.2) is 0 Å². The van der Waals surface area contributed by atoms with Crippen molar-refractivity contribution in [2.24, 2.45) is 11.8 Å². The van der Waals surface area contributed by atoms with E-state index < -0.39 is 18.2 Å². The molecule has 3 rings (SSSR count). The Labute approximate surface area is 112 Å². The van der Waals surface area contributed by atoms with Gasteiger partial charge in [0.1, 0.15) is 17.5 Å². The zero-order valence-corrected chi connectivity index (χ0v) is 11.5. The molecular formula is C13H20O6. The maximum atomic E-state index is 12.4. The number of Topliss-reactive ketones (excluding diaryl/α,β-unsaturated/α-hetero) is 1. The lowest BCUT2D eigenvalue weighted by Crippen LogP contribution is -2.66. The average molecular weight is 272 g/mol. The molecule has 6 atom stereocenters. The standard InChI is InChI=1S/C13H20O6/c1-7-9(14)8(2)13(5-4-6-15-3)12-16-11(18-19-12)10(7)17-13/h7-8,10-12H,4-6H2,1-3H3/t7-,8+,10-,11-,12+,13+/m1/s1. The van der Waals surface area contributed by atoms with E-state index in [-0.39, 0.29) is 23.7 Å². The first-order valence-corrected chi connectivity index (χ1v) is 6.78. The van der Waals surface area contributed by atoms with Gasteiger partial charge in [0.15, 0.2) is 0 Å². The summed E-state index contributed by atoms with van der Waals surface area (Å²) in [6, 6.07) is 0. The molecule has 0 N–H and O–H groups in total. The molecule has 0 unspecified atom stereocenters. The highest BCUT2D eigenvalue weighted by Crippen LogP contribution is 2.49. The molecule has 0 amide bonds. The van der Waals surface area contributed by atoms with Crippen molar-refractivity contribution >= 4 is 5.78 Å². The van der Waals surface area contributed by atoms with Crippen LogP contribution in [0.25, 0.3) is 0 Å². The molecule has 3 aliphatic rings. The predicted molar refractivity (Wildman–Crippen MR) is 62.9 cm³/mol. The molecule has 0 aromatic rings. The summed E-state index contributed by atoms with van der Waals surface area (Å²) in [5.41, 5.74) is -0.750. The number of fused-ring (bicyclic) bond motifs is 6. The SMILES string of the molecule is COCCC[C@@]12O[C@@H]([C@H]3OO[C@@H]1O3)[C@H](C)C(=O)[C@@H]2C. The first-order valence-electron chi connectivity index (χ1n) is 6.78. The van der Waals surface area contributed by atoms with E-state index in [0.29, 0.717) is 13.0 Å².